The lowest BCUT2D eigenvalue weighted by Gasteiger charge is -2.09. The first-order valence-corrected chi connectivity index (χ1v) is 6.37. The number of aromatic nitrogens is 1. The molecule has 1 aromatic heterocycles. The Morgan fingerprint density at radius 2 is 1.83 bits per heavy atom. The van der Waals surface area contributed by atoms with Crippen LogP contribution >= 0.6 is 0 Å². The normalized spacial score (nSPS) is 10.9. The smallest absolute Gasteiger partial charge is 0.0734 e. The largest absolute Gasteiger partial charge is 0.396 e. The lowest BCUT2D eigenvalue weighted by molar-refractivity contribution is 0.299. The second-order valence-electron chi connectivity index (χ2n) is 4.76. The molecule has 2 aromatic rings. The molecule has 0 unspecified atom stereocenters. The van der Waals surface area contributed by atoms with Gasteiger partial charge in [-0.3, -0.25) is 4.98 Å². The summed E-state index contributed by atoms with van der Waals surface area (Å²) < 4.78 is 0. The maximum atomic E-state index is 9.08. The van der Waals surface area contributed by atoms with Gasteiger partial charge in [-0.05, 0) is 29.5 Å². The molecule has 0 spiro atoms. The average molecular weight is 241 g/mol. The molecule has 2 heteroatoms. The molecular formula is C16H19NO. The maximum absolute atomic E-state index is 9.08. The molecule has 2 nitrogen and oxygen atoms in total. The van der Waals surface area contributed by atoms with Crippen molar-refractivity contribution >= 4 is 0 Å². The average Bonchev–Trinajstić information content (AvgIpc) is 2.40. The summed E-state index contributed by atoms with van der Waals surface area (Å²) in [6.07, 6.45) is 2.45. The van der Waals surface area contributed by atoms with Crippen LogP contribution in [-0.4, -0.2) is 16.7 Å². The van der Waals surface area contributed by atoms with Gasteiger partial charge in [0.2, 0.25) is 0 Å². The first-order chi connectivity index (χ1) is 8.72. The Bertz CT molecular complexity index is 503. The maximum Gasteiger partial charge on any atom is 0.0734 e. The Kier molecular flexibility index (Phi) is 4.11. The van der Waals surface area contributed by atoms with Crippen molar-refractivity contribution in [2.45, 2.75) is 26.2 Å². The van der Waals surface area contributed by atoms with Gasteiger partial charge in [-0.25, -0.2) is 0 Å². The van der Waals surface area contributed by atoms with Gasteiger partial charge in [-0.15, -0.1) is 0 Å². The molecule has 0 saturated heterocycles. The highest BCUT2D eigenvalue weighted by atomic mass is 16.2. The number of pyridine rings is 1. The summed E-state index contributed by atoms with van der Waals surface area (Å²) in [6.45, 7) is 4.53. The van der Waals surface area contributed by atoms with Crippen molar-refractivity contribution in [2.24, 2.45) is 0 Å². The molecule has 0 aliphatic carbocycles. The molecule has 0 bridgehead atoms. The van der Waals surface area contributed by atoms with Gasteiger partial charge in [0.05, 0.1) is 5.69 Å². The Hall–Kier alpha value is -1.67. The lowest BCUT2D eigenvalue weighted by Crippen LogP contribution is -1.96. The second-order valence-corrected chi connectivity index (χ2v) is 4.76. The minimum atomic E-state index is 0.156. The molecule has 18 heavy (non-hydrogen) atoms. The molecule has 1 aromatic carbocycles. The Labute approximate surface area is 108 Å². The first kappa shape index (κ1) is 12.8. The van der Waals surface area contributed by atoms with Gasteiger partial charge < -0.3 is 5.11 Å². The van der Waals surface area contributed by atoms with E-state index in [2.05, 4.69) is 43.1 Å². The predicted octanol–water partition coefficient (Wildman–Crippen LogP) is 3.41. The summed E-state index contributed by atoms with van der Waals surface area (Å²) in [5.41, 5.74) is 4.51. The number of aliphatic hydroxyl groups is 1. The monoisotopic (exact) mass is 241 g/mol. The van der Waals surface area contributed by atoms with E-state index in [9.17, 15) is 0 Å². The summed E-state index contributed by atoms with van der Waals surface area (Å²) in [5.74, 6) is 0.541. The Morgan fingerprint density at radius 1 is 1.11 bits per heavy atom. The van der Waals surface area contributed by atoms with Crippen LogP contribution in [0.5, 0.6) is 0 Å². The molecule has 2 rings (SSSR count). The van der Waals surface area contributed by atoms with Crippen molar-refractivity contribution in [1.29, 1.82) is 0 Å². The van der Waals surface area contributed by atoms with Crippen molar-refractivity contribution in [1.82, 2.24) is 4.98 Å². The lowest BCUT2D eigenvalue weighted by atomic mass is 9.98. The fourth-order valence-corrected chi connectivity index (χ4v) is 2.05. The number of hydrogen-bond donors (Lipinski definition) is 1. The standard InChI is InChI=1S/C16H19NO/c1-12(2)13-5-7-15(8-6-13)16-14(9-11-18)4-3-10-17-16/h3-8,10,12,18H,9,11H2,1-2H3. The summed E-state index contributed by atoms with van der Waals surface area (Å²) >= 11 is 0. The Morgan fingerprint density at radius 3 is 2.44 bits per heavy atom. The van der Waals surface area contributed by atoms with Crippen LogP contribution in [-0.2, 0) is 6.42 Å². The van der Waals surface area contributed by atoms with E-state index in [4.69, 9.17) is 5.11 Å². The van der Waals surface area contributed by atoms with Crippen LogP contribution in [0.3, 0.4) is 0 Å². The quantitative estimate of drug-likeness (QED) is 0.889. The van der Waals surface area contributed by atoms with E-state index in [-0.39, 0.29) is 6.61 Å². The van der Waals surface area contributed by atoms with Crippen LogP contribution in [0.25, 0.3) is 11.3 Å². The number of aliphatic hydroxyl groups excluding tert-OH is 1. The van der Waals surface area contributed by atoms with E-state index in [1.807, 2.05) is 12.1 Å². The molecule has 1 heterocycles. The number of benzene rings is 1. The third-order valence-electron chi connectivity index (χ3n) is 3.12. The van der Waals surface area contributed by atoms with Gasteiger partial charge in [0.15, 0.2) is 0 Å². The highest BCUT2D eigenvalue weighted by Crippen LogP contribution is 2.24. The molecule has 0 fully saturated rings. The van der Waals surface area contributed by atoms with Gasteiger partial charge in [-0.1, -0.05) is 44.2 Å². The van der Waals surface area contributed by atoms with Crippen LogP contribution in [0.2, 0.25) is 0 Å². The van der Waals surface area contributed by atoms with Crippen LogP contribution in [0.1, 0.15) is 30.9 Å². The minimum Gasteiger partial charge on any atom is -0.396 e. The molecule has 0 saturated carbocycles. The van der Waals surface area contributed by atoms with Crippen molar-refractivity contribution < 1.29 is 5.11 Å². The molecule has 94 valence electrons. The summed E-state index contributed by atoms with van der Waals surface area (Å²) in [6, 6.07) is 12.5. The predicted molar refractivity (Wildman–Crippen MR) is 74.6 cm³/mol. The van der Waals surface area contributed by atoms with Crippen molar-refractivity contribution in [3.63, 3.8) is 0 Å². The molecule has 0 aliphatic rings. The van der Waals surface area contributed by atoms with E-state index < -0.39 is 0 Å². The highest BCUT2D eigenvalue weighted by molar-refractivity contribution is 5.63. The molecule has 0 atom stereocenters. The number of rotatable bonds is 4. The minimum absolute atomic E-state index is 0.156. The fourth-order valence-electron chi connectivity index (χ4n) is 2.05. The van der Waals surface area contributed by atoms with Crippen LogP contribution < -0.4 is 0 Å². The third-order valence-corrected chi connectivity index (χ3v) is 3.12. The van der Waals surface area contributed by atoms with E-state index in [1.165, 1.54) is 5.56 Å². The van der Waals surface area contributed by atoms with Crippen molar-refractivity contribution in [3.05, 3.63) is 53.7 Å². The van der Waals surface area contributed by atoms with Crippen LogP contribution in [0, 0.1) is 0 Å². The van der Waals surface area contributed by atoms with Gasteiger partial charge in [0.1, 0.15) is 0 Å². The molecule has 0 radical (unpaired) electrons. The number of nitrogens with zero attached hydrogens (tertiary/aromatic N) is 1. The SMILES string of the molecule is CC(C)c1ccc(-c2ncccc2CCO)cc1. The summed E-state index contributed by atoms with van der Waals surface area (Å²) in [4.78, 5) is 4.43. The zero-order valence-corrected chi connectivity index (χ0v) is 10.9. The molecule has 0 amide bonds. The van der Waals surface area contributed by atoms with E-state index >= 15 is 0 Å². The molecular weight excluding hydrogens is 222 g/mol. The Balaban J connectivity index is 2.36. The third kappa shape index (κ3) is 2.77. The summed E-state index contributed by atoms with van der Waals surface area (Å²) in [5, 5.41) is 9.08. The van der Waals surface area contributed by atoms with E-state index in [1.54, 1.807) is 6.20 Å². The molecule has 0 aliphatic heterocycles. The van der Waals surface area contributed by atoms with Crippen molar-refractivity contribution in [2.75, 3.05) is 6.61 Å². The van der Waals surface area contributed by atoms with Gasteiger partial charge in [0.25, 0.3) is 0 Å². The zero-order valence-electron chi connectivity index (χ0n) is 10.9. The summed E-state index contributed by atoms with van der Waals surface area (Å²) in [7, 11) is 0. The zero-order chi connectivity index (χ0) is 13.0. The van der Waals surface area contributed by atoms with Gasteiger partial charge >= 0.3 is 0 Å². The van der Waals surface area contributed by atoms with Gasteiger partial charge in [0, 0.05) is 18.4 Å². The first-order valence-electron chi connectivity index (χ1n) is 6.37. The topological polar surface area (TPSA) is 33.1 Å². The van der Waals surface area contributed by atoms with Crippen LogP contribution in [0.15, 0.2) is 42.6 Å². The molecule has 1 N–H and O–H groups in total. The van der Waals surface area contributed by atoms with E-state index in [0.717, 1.165) is 16.8 Å². The highest BCUT2D eigenvalue weighted by Gasteiger charge is 2.06. The van der Waals surface area contributed by atoms with Gasteiger partial charge in [-0.2, -0.15) is 0 Å². The van der Waals surface area contributed by atoms with Crippen molar-refractivity contribution in [3.8, 4) is 11.3 Å². The number of hydrogen-bond acceptors (Lipinski definition) is 2. The fraction of sp³-hybridized carbons (Fsp3) is 0.312. The second kappa shape index (κ2) is 5.78. The van der Waals surface area contributed by atoms with Crippen LogP contribution in [0.4, 0.5) is 0 Å². The van der Waals surface area contributed by atoms with E-state index in [0.29, 0.717) is 12.3 Å².